The van der Waals surface area contributed by atoms with E-state index in [1.165, 1.54) is 0 Å². The minimum atomic E-state index is -1.08. The summed E-state index contributed by atoms with van der Waals surface area (Å²) in [4.78, 5) is 15.3. The molecule has 0 unspecified atom stereocenters. The second-order valence-corrected chi connectivity index (χ2v) is 5.84. The molecular formula is C15H12Cl2N2O2. The molecule has 1 aromatic heterocycles. The quantitative estimate of drug-likeness (QED) is 0.855. The maximum atomic E-state index is 11.3. The van der Waals surface area contributed by atoms with Crippen molar-refractivity contribution in [3.63, 3.8) is 0 Å². The first-order valence-electron chi connectivity index (χ1n) is 6.50. The molecule has 3 rings (SSSR count). The fraction of sp³-hybridized carbons (Fsp3) is 0.200. The molecule has 1 aromatic carbocycles. The van der Waals surface area contributed by atoms with Crippen LogP contribution in [-0.2, 0) is 0 Å². The summed E-state index contributed by atoms with van der Waals surface area (Å²) in [5.74, 6) is -0.591. The molecule has 2 aromatic rings. The number of nitrogens with zero attached hydrogens (tertiary/aromatic N) is 1. The maximum absolute atomic E-state index is 11.3. The third-order valence-corrected chi connectivity index (χ3v) is 3.91. The molecule has 1 fully saturated rings. The number of hydrogen-bond acceptors (Lipinski definition) is 3. The van der Waals surface area contributed by atoms with Crippen LogP contribution in [0.1, 0.15) is 34.8 Å². The molecule has 1 heterocycles. The van der Waals surface area contributed by atoms with Gasteiger partial charge in [0.15, 0.2) is 5.69 Å². The maximum Gasteiger partial charge on any atom is 0.356 e. The number of benzene rings is 1. The number of pyridine rings is 1. The molecule has 1 aliphatic rings. The van der Waals surface area contributed by atoms with E-state index in [1.54, 1.807) is 24.4 Å². The van der Waals surface area contributed by atoms with Crippen LogP contribution in [0.5, 0.6) is 0 Å². The van der Waals surface area contributed by atoms with Gasteiger partial charge in [-0.2, -0.15) is 0 Å². The summed E-state index contributed by atoms with van der Waals surface area (Å²) in [6.07, 6.45) is 3.88. The van der Waals surface area contributed by atoms with Crippen molar-refractivity contribution in [3.8, 4) is 0 Å². The van der Waals surface area contributed by atoms with Crippen LogP contribution in [0.3, 0.4) is 0 Å². The first-order valence-corrected chi connectivity index (χ1v) is 7.25. The normalized spacial score (nSPS) is 14.0. The summed E-state index contributed by atoms with van der Waals surface area (Å²) >= 11 is 12.0. The smallest absolute Gasteiger partial charge is 0.356 e. The van der Waals surface area contributed by atoms with E-state index in [4.69, 9.17) is 23.2 Å². The zero-order valence-electron chi connectivity index (χ0n) is 10.9. The van der Waals surface area contributed by atoms with Crippen LogP contribution in [0.15, 0.2) is 30.5 Å². The Balaban J connectivity index is 1.98. The van der Waals surface area contributed by atoms with Crippen LogP contribution < -0.4 is 5.32 Å². The van der Waals surface area contributed by atoms with Crippen LogP contribution in [0, 0.1) is 0 Å². The number of hydrogen-bond donors (Lipinski definition) is 2. The minimum absolute atomic E-state index is 0.0228. The summed E-state index contributed by atoms with van der Waals surface area (Å²) in [5.41, 5.74) is 2.06. The Labute approximate surface area is 131 Å². The van der Waals surface area contributed by atoms with E-state index in [0.717, 1.165) is 18.4 Å². The number of nitrogens with one attached hydrogen (secondary N) is 1. The summed E-state index contributed by atoms with van der Waals surface area (Å²) < 4.78 is 0. The van der Waals surface area contributed by atoms with Crippen LogP contribution in [0.4, 0.5) is 11.4 Å². The average Bonchev–Trinajstić information content (AvgIpc) is 3.26. The molecule has 0 bridgehead atoms. The van der Waals surface area contributed by atoms with Crippen LogP contribution >= 0.6 is 23.2 Å². The van der Waals surface area contributed by atoms with Gasteiger partial charge < -0.3 is 10.4 Å². The second kappa shape index (κ2) is 5.54. The number of aromatic nitrogens is 1. The molecular weight excluding hydrogens is 311 g/mol. The van der Waals surface area contributed by atoms with Gasteiger partial charge in [0.2, 0.25) is 0 Å². The van der Waals surface area contributed by atoms with Crippen molar-refractivity contribution in [2.75, 3.05) is 5.32 Å². The highest BCUT2D eigenvalue weighted by molar-refractivity contribution is 6.36. The Morgan fingerprint density at radius 1 is 1.24 bits per heavy atom. The Kier molecular flexibility index (Phi) is 3.74. The SMILES string of the molecule is O=C(O)c1ncc(C2CC2)cc1Nc1ccc(Cl)cc1Cl. The van der Waals surface area contributed by atoms with E-state index in [-0.39, 0.29) is 5.69 Å². The summed E-state index contributed by atoms with van der Waals surface area (Å²) in [6, 6.07) is 6.83. The van der Waals surface area contributed by atoms with Crippen molar-refractivity contribution >= 4 is 40.5 Å². The predicted octanol–water partition coefficient (Wildman–Crippen LogP) is 4.71. The number of anilines is 2. The Hall–Kier alpha value is -1.78. The topological polar surface area (TPSA) is 62.2 Å². The lowest BCUT2D eigenvalue weighted by Crippen LogP contribution is -2.06. The van der Waals surface area contributed by atoms with E-state index in [2.05, 4.69) is 10.3 Å². The first kappa shape index (κ1) is 14.2. The summed E-state index contributed by atoms with van der Waals surface area (Å²) in [6.45, 7) is 0. The summed E-state index contributed by atoms with van der Waals surface area (Å²) in [7, 11) is 0. The van der Waals surface area contributed by atoms with Gasteiger partial charge in [-0.05, 0) is 48.6 Å². The molecule has 2 N–H and O–H groups in total. The van der Waals surface area contributed by atoms with Gasteiger partial charge in [-0.3, -0.25) is 0 Å². The minimum Gasteiger partial charge on any atom is -0.476 e. The van der Waals surface area contributed by atoms with Crippen molar-refractivity contribution in [2.45, 2.75) is 18.8 Å². The highest BCUT2D eigenvalue weighted by atomic mass is 35.5. The van der Waals surface area contributed by atoms with Gasteiger partial charge in [0.05, 0.1) is 16.4 Å². The second-order valence-electron chi connectivity index (χ2n) is 4.99. The molecule has 1 saturated carbocycles. The van der Waals surface area contributed by atoms with Crippen molar-refractivity contribution in [3.05, 3.63) is 51.8 Å². The Morgan fingerprint density at radius 2 is 2.00 bits per heavy atom. The lowest BCUT2D eigenvalue weighted by atomic mass is 10.1. The van der Waals surface area contributed by atoms with Crippen molar-refractivity contribution < 1.29 is 9.90 Å². The third-order valence-electron chi connectivity index (χ3n) is 3.36. The Bertz CT molecular complexity index is 715. The van der Waals surface area contributed by atoms with E-state index in [9.17, 15) is 9.90 Å². The molecule has 0 amide bonds. The van der Waals surface area contributed by atoms with Gasteiger partial charge >= 0.3 is 5.97 Å². The number of carboxylic acid groups (broad SMARTS) is 1. The van der Waals surface area contributed by atoms with Crippen LogP contribution in [0.25, 0.3) is 0 Å². The lowest BCUT2D eigenvalue weighted by molar-refractivity contribution is 0.0691. The molecule has 4 nitrogen and oxygen atoms in total. The molecule has 0 aliphatic heterocycles. The van der Waals surface area contributed by atoms with Crippen molar-refractivity contribution in [1.29, 1.82) is 0 Å². The largest absolute Gasteiger partial charge is 0.476 e. The highest BCUT2D eigenvalue weighted by Crippen LogP contribution is 2.41. The summed E-state index contributed by atoms with van der Waals surface area (Å²) in [5, 5.41) is 13.2. The average molecular weight is 323 g/mol. The monoisotopic (exact) mass is 322 g/mol. The number of halogens is 2. The number of carbonyl (C=O) groups is 1. The zero-order valence-corrected chi connectivity index (χ0v) is 12.4. The standard InChI is InChI=1S/C15H12Cl2N2O2/c16-10-3-4-12(11(17)6-10)19-13-5-9(8-1-2-8)7-18-14(13)15(20)21/h3-8,19H,1-2H2,(H,20,21). The lowest BCUT2D eigenvalue weighted by Gasteiger charge is -2.12. The molecule has 21 heavy (non-hydrogen) atoms. The van der Waals surface area contributed by atoms with E-state index in [1.807, 2.05) is 6.07 Å². The van der Waals surface area contributed by atoms with Gasteiger partial charge in [0.25, 0.3) is 0 Å². The molecule has 0 saturated heterocycles. The number of rotatable bonds is 4. The van der Waals surface area contributed by atoms with E-state index < -0.39 is 5.97 Å². The zero-order chi connectivity index (χ0) is 15.0. The molecule has 0 spiro atoms. The predicted molar refractivity (Wildman–Crippen MR) is 82.9 cm³/mol. The fourth-order valence-electron chi connectivity index (χ4n) is 2.12. The Morgan fingerprint density at radius 3 is 2.62 bits per heavy atom. The molecule has 0 radical (unpaired) electrons. The van der Waals surface area contributed by atoms with Crippen molar-refractivity contribution in [2.24, 2.45) is 0 Å². The fourth-order valence-corrected chi connectivity index (χ4v) is 2.58. The first-order chi connectivity index (χ1) is 10.0. The van der Waals surface area contributed by atoms with Gasteiger partial charge in [0, 0.05) is 11.2 Å². The number of carboxylic acids is 1. The van der Waals surface area contributed by atoms with Gasteiger partial charge in [-0.25, -0.2) is 9.78 Å². The van der Waals surface area contributed by atoms with Crippen LogP contribution in [-0.4, -0.2) is 16.1 Å². The molecule has 0 atom stereocenters. The van der Waals surface area contributed by atoms with Crippen molar-refractivity contribution in [1.82, 2.24) is 4.98 Å². The highest BCUT2D eigenvalue weighted by Gasteiger charge is 2.25. The van der Waals surface area contributed by atoms with Gasteiger partial charge in [-0.15, -0.1) is 0 Å². The number of aromatic carboxylic acids is 1. The van der Waals surface area contributed by atoms with Gasteiger partial charge in [0.1, 0.15) is 0 Å². The van der Waals surface area contributed by atoms with Crippen LogP contribution in [0.2, 0.25) is 10.0 Å². The van der Waals surface area contributed by atoms with E-state index in [0.29, 0.717) is 27.3 Å². The van der Waals surface area contributed by atoms with Gasteiger partial charge in [-0.1, -0.05) is 23.2 Å². The molecule has 6 heteroatoms. The van der Waals surface area contributed by atoms with E-state index >= 15 is 0 Å². The third kappa shape index (κ3) is 3.12. The molecule has 108 valence electrons. The molecule has 1 aliphatic carbocycles.